The lowest BCUT2D eigenvalue weighted by atomic mass is 10.1. The van der Waals surface area contributed by atoms with Gasteiger partial charge in [-0.15, -0.1) is 0 Å². The molecule has 96 valence electrons. The van der Waals surface area contributed by atoms with Crippen molar-refractivity contribution in [2.75, 3.05) is 26.2 Å². The van der Waals surface area contributed by atoms with Crippen LogP contribution in [-0.2, 0) is 9.59 Å². The molecule has 1 saturated carbocycles. The molecule has 0 radical (unpaired) electrons. The van der Waals surface area contributed by atoms with Gasteiger partial charge in [-0.2, -0.15) is 0 Å². The van der Waals surface area contributed by atoms with Gasteiger partial charge in [-0.25, -0.2) is 0 Å². The van der Waals surface area contributed by atoms with Crippen molar-refractivity contribution in [1.82, 2.24) is 9.80 Å². The molecule has 17 heavy (non-hydrogen) atoms. The minimum atomic E-state index is -0.741. The van der Waals surface area contributed by atoms with E-state index in [0.717, 1.165) is 25.9 Å². The standard InChI is InChI=1S/C12H20N2O3/c1-2-14(10-3-4-10)11(15)8-13-6-5-9(7-13)12(16)17/h9-10H,2-8H2,1H3,(H,16,17). The van der Waals surface area contributed by atoms with Gasteiger partial charge in [0.05, 0.1) is 12.5 Å². The molecule has 0 bridgehead atoms. The second-order valence-corrected chi connectivity index (χ2v) is 4.97. The number of carboxylic acids is 1. The lowest BCUT2D eigenvalue weighted by molar-refractivity contribution is -0.141. The van der Waals surface area contributed by atoms with Gasteiger partial charge in [0.2, 0.25) is 5.91 Å². The van der Waals surface area contributed by atoms with Crippen molar-refractivity contribution in [3.63, 3.8) is 0 Å². The topological polar surface area (TPSA) is 60.9 Å². The number of carbonyl (C=O) groups is 2. The highest BCUT2D eigenvalue weighted by Gasteiger charge is 2.34. The fourth-order valence-electron chi connectivity index (χ4n) is 2.48. The van der Waals surface area contributed by atoms with Crippen molar-refractivity contribution in [3.05, 3.63) is 0 Å². The zero-order valence-electron chi connectivity index (χ0n) is 10.3. The summed E-state index contributed by atoms with van der Waals surface area (Å²) in [6.45, 7) is 4.39. The smallest absolute Gasteiger partial charge is 0.307 e. The van der Waals surface area contributed by atoms with Crippen molar-refractivity contribution in [3.8, 4) is 0 Å². The summed E-state index contributed by atoms with van der Waals surface area (Å²) >= 11 is 0. The van der Waals surface area contributed by atoms with Gasteiger partial charge < -0.3 is 10.0 Å². The summed E-state index contributed by atoms with van der Waals surface area (Å²) in [6, 6.07) is 0.449. The fourth-order valence-corrected chi connectivity index (χ4v) is 2.48. The highest BCUT2D eigenvalue weighted by atomic mass is 16.4. The van der Waals surface area contributed by atoms with Crippen LogP contribution >= 0.6 is 0 Å². The molecule has 0 aromatic rings. The van der Waals surface area contributed by atoms with E-state index in [1.54, 1.807) is 0 Å². The third-order valence-electron chi connectivity index (χ3n) is 3.63. The number of hydrogen-bond donors (Lipinski definition) is 1. The van der Waals surface area contributed by atoms with Gasteiger partial charge >= 0.3 is 5.97 Å². The summed E-state index contributed by atoms with van der Waals surface area (Å²) in [5, 5.41) is 8.90. The maximum atomic E-state index is 12.0. The Hall–Kier alpha value is -1.10. The molecule has 5 nitrogen and oxygen atoms in total. The number of aliphatic carboxylic acids is 1. The SMILES string of the molecule is CCN(C(=O)CN1CCC(C(=O)O)C1)C1CC1. The summed E-state index contributed by atoms with van der Waals surface area (Å²) in [5.74, 6) is -0.880. The number of carbonyl (C=O) groups excluding carboxylic acids is 1. The molecule has 0 aromatic heterocycles. The Bertz CT molecular complexity index is 315. The van der Waals surface area contributed by atoms with Gasteiger partial charge in [-0.3, -0.25) is 14.5 Å². The number of amides is 1. The molecule has 2 rings (SSSR count). The molecule has 0 aromatic carbocycles. The molecule has 1 atom stereocenters. The zero-order chi connectivity index (χ0) is 12.4. The maximum absolute atomic E-state index is 12.0. The molecule has 1 N–H and O–H groups in total. The van der Waals surface area contributed by atoms with Crippen LogP contribution in [0.15, 0.2) is 0 Å². The Labute approximate surface area is 101 Å². The molecule has 1 aliphatic heterocycles. The molecule has 1 unspecified atom stereocenters. The Kier molecular flexibility index (Phi) is 3.66. The molecule has 1 aliphatic carbocycles. The van der Waals surface area contributed by atoms with Crippen molar-refractivity contribution < 1.29 is 14.7 Å². The Morgan fingerprint density at radius 3 is 2.53 bits per heavy atom. The first-order valence-corrected chi connectivity index (χ1v) is 6.36. The van der Waals surface area contributed by atoms with Crippen LogP contribution in [-0.4, -0.2) is 59.0 Å². The molecule has 5 heteroatoms. The average molecular weight is 240 g/mol. The van der Waals surface area contributed by atoms with E-state index in [1.165, 1.54) is 0 Å². The summed E-state index contributed by atoms with van der Waals surface area (Å²) in [6.07, 6.45) is 2.91. The molecular formula is C12H20N2O3. The van der Waals surface area contributed by atoms with Crippen molar-refractivity contribution in [1.29, 1.82) is 0 Å². The van der Waals surface area contributed by atoms with E-state index in [-0.39, 0.29) is 11.8 Å². The van der Waals surface area contributed by atoms with Crippen LogP contribution in [0.1, 0.15) is 26.2 Å². The van der Waals surface area contributed by atoms with E-state index in [1.807, 2.05) is 16.7 Å². The van der Waals surface area contributed by atoms with E-state index >= 15 is 0 Å². The summed E-state index contributed by atoms with van der Waals surface area (Å²) in [7, 11) is 0. The Morgan fingerprint density at radius 2 is 2.06 bits per heavy atom. The Morgan fingerprint density at radius 1 is 1.35 bits per heavy atom. The van der Waals surface area contributed by atoms with Crippen LogP contribution in [0.4, 0.5) is 0 Å². The van der Waals surface area contributed by atoms with Crippen molar-refractivity contribution in [2.24, 2.45) is 5.92 Å². The highest BCUT2D eigenvalue weighted by Crippen LogP contribution is 2.27. The van der Waals surface area contributed by atoms with E-state index in [9.17, 15) is 9.59 Å². The summed E-state index contributed by atoms with van der Waals surface area (Å²) < 4.78 is 0. The predicted molar refractivity (Wildman–Crippen MR) is 62.6 cm³/mol. The molecule has 2 aliphatic rings. The lowest BCUT2D eigenvalue weighted by Gasteiger charge is -2.23. The second-order valence-electron chi connectivity index (χ2n) is 4.97. The normalized spacial score (nSPS) is 24.9. The van der Waals surface area contributed by atoms with Gasteiger partial charge in [0.15, 0.2) is 0 Å². The van der Waals surface area contributed by atoms with Crippen LogP contribution < -0.4 is 0 Å². The number of likely N-dealkylation sites (tertiary alicyclic amines) is 1. The molecule has 1 heterocycles. The quantitative estimate of drug-likeness (QED) is 0.756. The van der Waals surface area contributed by atoms with Gasteiger partial charge in [0.25, 0.3) is 0 Å². The fraction of sp³-hybridized carbons (Fsp3) is 0.833. The molecule has 1 amide bonds. The van der Waals surface area contributed by atoms with Crippen molar-refractivity contribution in [2.45, 2.75) is 32.2 Å². The first-order chi connectivity index (χ1) is 8.11. The number of rotatable bonds is 5. The number of carboxylic acid groups (broad SMARTS) is 1. The zero-order valence-corrected chi connectivity index (χ0v) is 10.3. The van der Waals surface area contributed by atoms with Gasteiger partial charge in [-0.05, 0) is 32.7 Å². The summed E-state index contributed by atoms with van der Waals surface area (Å²) in [4.78, 5) is 26.7. The predicted octanol–water partition coefficient (Wildman–Crippen LogP) is 0.404. The van der Waals surface area contributed by atoms with E-state index < -0.39 is 5.97 Å². The van der Waals surface area contributed by atoms with Gasteiger partial charge in [0.1, 0.15) is 0 Å². The van der Waals surface area contributed by atoms with E-state index in [2.05, 4.69) is 0 Å². The summed E-state index contributed by atoms with van der Waals surface area (Å²) in [5.41, 5.74) is 0. The van der Waals surface area contributed by atoms with E-state index in [0.29, 0.717) is 25.6 Å². The second kappa shape index (κ2) is 5.04. The first-order valence-electron chi connectivity index (χ1n) is 6.36. The maximum Gasteiger partial charge on any atom is 0.307 e. The number of nitrogens with zero attached hydrogens (tertiary/aromatic N) is 2. The van der Waals surface area contributed by atoms with Crippen LogP contribution in [0.2, 0.25) is 0 Å². The van der Waals surface area contributed by atoms with Crippen LogP contribution in [0, 0.1) is 5.92 Å². The first kappa shape index (κ1) is 12.4. The van der Waals surface area contributed by atoms with Gasteiger partial charge in [-0.1, -0.05) is 0 Å². The van der Waals surface area contributed by atoms with Gasteiger partial charge in [0, 0.05) is 19.1 Å². The van der Waals surface area contributed by atoms with E-state index in [4.69, 9.17) is 5.11 Å². The van der Waals surface area contributed by atoms with Crippen molar-refractivity contribution >= 4 is 11.9 Å². The number of likely N-dealkylation sites (N-methyl/N-ethyl adjacent to an activating group) is 1. The average Bonchev–Trinajstić information content (AvgIpc) is 2.98. The van der Waals surface area contributed by atoms with Crippen LogP contribution in [0.3, 0.4) is 0 Å². The van der Waals surface area contributed by atoms with Crippen LogP contribution in [0.25, 0.3) is 0 Å². The number of hydrogen-bond acceptors (Lipinski definition) is 3. The monoisotopic (exact) mass is 240 g/mol. The third-order valence-corrected chi connectivity index (χ3v) is 3.63. The minimum Gasteiger partial charge on any atom is -0.481 e. The van der Waals surface area contributed by atoms with Crippen LogP contribution in [0.5, 0.6) is 0 Å². The minimum absolute atomic E-state index is 0.154. The largest absolute Gasteiger partial charge is 0.481 e. The lowest BCUT2D eigenvalue weighted by Crippen LogP contribution is -2.41. The molecular weight excluding hydrogens is 220 g/mol. The molecule has 2 fully saturated rings. The Balaban J connectivity index is 1.81. The highest BCUT2D eigenvalue weighted by molar-refractivity contribution is 5.79. The molecule has 1 saturated heterocycles. The third kappa shape index (κ3) is 2.97. The molecule has 0 spiro atoms.